The maximum absolute atomic E-state index is 6.06. The summed E-state index contributed by atoms with van der Waals surface area (Å²) in [6, 6.07) is 7.66. The number of aromatic nitrogens is 3. The largest absolute Gasteiger partial charge is 0.354 e. The van der Waals surface area contributed by atoms with Gasteiger partial charge in [-0.15, -0.1) is 0 Å². The van der Waals surface area contributed by atoms with E-state index in [4.69, 9.17) is 23.2 Å². The van der Waals surface area contributed by atoms with Gasteiger partial charge in [-0.2, -0.15) is 0 Å². The van der Waals surface area contributed by atoms with Crippen LogP contribution in [0.15, 0.2) is 30.5 Å². The van der Waals surface area contributed by atoms with Gasteiger partial charge in [-0.25, -0.2) is 9.97 Å². The molecule has 3 heterocycles. The quantitative estimate of drug-likeness (QED) is 0.756. The smallest absolute Gasteiger partial charge is 0.140 e. The van der Waals surface area contributed by atoms with Gasteiger partial charge in [0.25, 0.3) is 0 Å². The average Bonchev–Trinajstić information content (AvgIpc) is 2.99. The van der Waals surface area contributed by atoms with Crippen LogP contribution in [0.2, 0.25) is 10.0 Å². The highest BCUT2D eigenvalue weighted by molar-refractivity contribution is 6.42. The Bertz CT molecular complexity index is 828. The van der Waals surface area contributed by atoms with Gasteiger partial charge in [0.15, 0.2) is 0 Å². The minimum atomic E-state index is 0.505. The normalized spacial score (nSPS) is 16.0. The fourth-order valence-electron chi connectivity index (χ4n) is 2.89. The Kier molecular flexibility index (Phi) is 4.08. The van der Waals surface area contributed by atoms with E-state index in [9.17, 15) is 0 Å². The van der Waals surface area contributed by atoms with Crippen LogP contribution in [0, 0.1) is 0 Å². The van der Waals surface area contributed by atoms with Crippen LogP contribution in [-0.4, -0.2) is 53.1 Å². The first kappa shape index (κ1) is 15.7. The van der Waals surface area contributed by atoms with E-state index >= 15 is 0 Å². The minimum Gasteiger partial charge on any atom is -0.354 e. The summed E-state index contributed by atoms with van der Waals surface area (Å²) in [7, 11) is 2.15. The van der Waals surface area contributed by atoms with Gasteiger partial charge in [0.2, 0.25) is 0 Å². The van der Waals surface area contributed by atoms with E-state index in [1.54, 1.807) is 12.1 Å². The van der Waals surface area contributed by atoms with Crippen LogP contribution in [0.5, 0.6) is 0 Å². The van der Waals surface area contributed by atoms with Crippen molar-refractivity contribution >= 4 is 40.1 Å². The lowest BCUT2D eigenvalue weighted by atomic mass is 10.2. The van der Waals surface area contributed by atoms with Crippen molar-refractivity contribution in [3.63, 3.8) is 0 Å². The Morgan fingerprint density at radius 2 is 1.79 bits per heavy atom. The SMILES string of the molecule is CN1CCN(c2ccc(-c3nc4cc(Cl)c(Cl)cc4[nH]3)cn2)CC1. The van der Waals surface area contributed by atoms with Crippen LogP contribution >= 0.6 is 23.2 Å². The molecule has 1 aromatic carbocycles. The van der Waals surface area contributed by atoms with Crippen molar-refractivity contribution in [1.82, 2.24) is 19.9 Å². The molecule has 0 bridgehead atoms. The second-order valence-corrected chi connectivity index (χ2v) is 6.88. The van der Waals surface area contributed by atoms with Crippen LogP contribution in [0.25, 0.3) is 22.4 Å². The lowest BCUT2D eigenvalue weighted by Crippen LogP contribution is -2.44. The summed E-state index contributed by atoms with van der Waals surface area (Å²) < 4.78 is 0. The van der Waals surface area contributed by atoms with Crippen molar-refractivity contribution in [1.29, 1.82) is 0 Å². The van der Waals surface area contributed by atoms with Crippen molar-refractivity contribution in [2.24, 2.45) is 0 Å². The van der Waals surface area contributed by atoms with Crippen LogP contribution in [0.1, 0.15) is 0 Å². The van der Waals surface area contributed by atoms with Crippen molar-refractivity contribution in [3.05, 3.63) is 40.5 Å². The van der Waals surface area contributed by atoms with Crippen molar-refractivity contribution in [3.8, 4) is 11.4 Å². The lowest BCUT2D eigenvalue weighted by Gasteiger charge is -2.33. The molecule has 4 rings (SSSR count). The van der Waals surface area contributed by atoms with E-state index in [1.807, 2.05) is 18.3 Å². The van der Waals surface area contributed by atoms with E-state index in [1.165, 1.54) is 0 Å². The van der Waals surface area contributed by atoms with Gasteiger partial charge >= 0.3 is 0 Å². The molecule has 124 valence electrons. The highest BCUT2D eigenvalue weighted by Gasteiger charge is 2.15. The third-order valence-electron chi connectivity index (χ3n) is 4.37. The number of imidazole rings is 1. The predicted octanol–water partition coefficient (Wildman–Crippen LogP) is 3.68. The van der Waals surface area contributed by atoms with Gasteiger partial charge in [0.05, 0.1) is 21.1 Å². The topological polar surface area (TPSA) is 48.0 Å². The van der Waals surface area contributed by atoms with E-state index in [0.717, 1.165) is 54.4 Å². The minimum absolute atomic E-state index is 0.505. The standard InChI is InChI=1S/C17H17Cl2N5/c1-23-4-6-24(7-5-23)16-3-2-11(10-20-16)17-21-14-8-12(18)13(19)9-15(14)22-17/h2-3,8-10H,4-7H2,1H3,(H,21,22). The number of benzene rings is 1. The molecule has 7 heteroatoms. The molecule has 1 aliphatic rings. The third-order valence-corrected chi connectivity index (χ3v) is 5.09. The number of halogens is 2. The number of hydrogen-bond donors (Lipinski definition) is 1. The molecule has 0 aliphatic carbocycles. The molecule has 1 saturated heterocycles. The van der Waals surface area contributed by atoms with Gasteiger partial charge in [0.1, 0.15) is 11.6 Å². The molecule has 1 N–H and O–H groups in total. The molecule has 3 aromatic rings. The molecule has 0 radical (unpaired) electrons. The van der Waals surface area contributed by atoms with Crippen LogP contribution < -0.4 is 4.90 Å². The van der Waals surface area contributed by atoms with Gasteiger partial charge in [-0.1, -0.05) is 23.2 Å². The van der Waals surface area contributed by atoms with Gasteiger partial charge in [0, 0.05) is 37.9 Å². The summed E-state index contributed by atoms with van der Waals surface area (Å²) in [5.41, 5.74) is 2.60. The van der Waals surface area contributed by atoms with Crippen molar-refractivity contribution in [2.75, 3.05) is 38.1 Å². The lowest BCUT2D eigenvalue weighted by molar-refractivity contribution is 0.312. The Balaban J connectivity index is 1.60. The summed E-state index contributed by atoms with van der Waals surface area (Å²) in [4.78, 5) is 17.1. The Morgan fingerprint density at radius 3 is 2.50 bits per heavy atom. The molecule has 1 fully saturated rings. The van der Waals surface area contributed by atoms with Gasteiger partial charge < -0.3 is 14.8 Å². The van der Waals surface area contributed by atoms with Crippen LogP contribution in [0.4, 0.5) is 5.82 Å². The monoisotopic (exact) mass is 361 g/mol. The molecule has 1 aliphatic heterocycles. The zero-order valence-electron chi connectivity index (χ0n) is 13.3. The number of aromatic amines is 1. The van der Waals surface area contributed by atoms with E-state index in [-0.39, 0.29) is 0 Å². The molecule has 0 atom stereocenters. The number of pyridine rings is 1. The highest BCUT2D eigenvalue weighted by atomic mass is 35.5. The first-order valence-electron chi connectivity index (χ1n) is 7.85. The zero-order chi connectivity index (χ0) is 16.7. The maximum Gasteiger partial charge on any atom is 0.140 e. The van der Waals surface area contributed by atoms with E-state index < -0.39 is 0 Å². The fourth-order valence-corrected chi connectivity index (χ4v) is 3.21. The maximum atomic E-state index is 6.06. The molecular formula is C17H17Cl2N5. The van der Waals surface area contributed by atoms with Crippen LogP contribution in [0.3, 0.4) is 0 Å². The summed E-state index contributed by atoms with van der Waals surface area (Å²) in [5, 5.41) is 1.02. The fraction of sp³-hybridized carbons (Fsp3) is 0.294. The number of hydrogen-bond acceptors (Lipinski definition) is 4. The molecule has 0 unspecified atom stereocenters. The van der Waals surface area contributed by atoms with Gasteiger partial charge in [-0.3, -0.25) is 0 Å². The summed E-state index contributed by atoms with van der Waals surface area (Å²) in [6.45, 7) is 4.14. The van der Waals surface area contributed by atoms with Crippen LogP contribution in [-0.2, 0) is 0 Å². The number of nitrogens with one attached hydrogen (secondary N) is 1. The first-order chi connectivity index (χ1) is 11.6. The van der Waals surface area contributed by atoms with Crippen molar-refractivity contribution < 1.29 is 0 Å². The number of likely N-dealkylation sites (N-methyl/N-ethyl adjacent to an activating group) is 1. The molecular weight excluding hydrogens is 345 g/mol. The highest BCUT2D eigenvalue weighted by Crippen LogP contribution is 2.29. The molecule has 2 aromatic heterocycles. The van der Waals surface area contributed by atoms with Gasteiger partial charge in [-0.05, 0) is 31.3 Å². The van der Waals surface area contributed by atoms with E-state index in [0.29, 0.717) is 10.0 Å². The molecule has 0 saturated carbocycles. The number of fused-ring (bicyclic) bond motifs is 1. The molecule has 0 amide bonds. The first-order valence-corrected chi connectivity index (χ1v) is 8.60. The average molecular weight is 362 g/mol. The van der Waals surface area contributed by atoms with Crippen molar-refractivity contribution in [2.45, 2.75) is 0 Å². The zero-order valence-corrected chi connectivity index (χ0v) is 14.8. The number of piperazine rings is 1. The number of rotatable bonds is 2. The van der Waals surface area contributed by atoms with E-state index in [2.05, 4.69) is 31.8 Å². The summed E-state index contributed by atoms with van der Waals surface area (Å²) >= 11 is 12.1. The number of nitrogens with zero attached hydrogens (tertiary/aromatic N) is 4. The summed E-state index contributed by atoms with van der Waals surface area (Å²) in [5.74, 6) is 1.77. The molecule has 5 nitrogen and oxygen atoms in total. The Labute approximate surface area is 150 Å². The second kappa shape index (κ2) is 6.24. The molecule has 24 heavy (non-hydrogen) atoms. The Hall–Kier alpha value is -1.82. The number of H-pyrrole nitrogens is 1. The summed E-state index contributed by atoms with van der Waals surface area (Å²) in [6.07, 6.45) is 1.86. The third kappa shape index (κ3) is 2.95. The Morgan fingerprint density at radius 1 is 1.04 bits per heavy atom. The molecule has 0 spiro atoms. The number of anilines is 1. The predicted molar refractivity (Wildman–Crippen MR) is 99.1 cm³/mol. The second-order valence-electron chi connectivity index (χ2n) is 6.06.